The molecule has 0 aromatic rings. The van der Waals surface area contributed by atoms with E-state index in [1.165, 1.54) is 44.9 Å². The van der Waals surface area contributed by atoms with Crippen molar-refractivity contribution in [1.82, 2.24) is 10.2 Å². The van der Waals surface area contributed by atoms with Crippen LogP contribution in [0.2, 0.25) is 0 Å². The summed E-state index contributed by atoms with van der Waals surface area (Å²) >= 11 is 0. The van der Waals surface area contributed by atoms with E-state index in [-0.39, 0.29) is 5.75 Å². The highest BCUT2D eigenvalue weighted by molar-refractivity contribution is 7.90. The second kappa shape index (κ2) is 8.12. The first kappa shape index (κ1) is 15.9. The van der Waals surface area contributed by atoms with Crippen LogP contribution in [-0.2, 0) is 9.84 Å². The lowest BCUT2D eigenvalue weighted by Gasteiger charge is -2.27. The molecule has 18 heavy (non-hydrogen) atoms. The van der Waals surface area contributed by atoms with E-state index in [9.17, 15) is 8.42 Å². The molecule has 0 unspecified atom stereocenters. The van der Waals surface area contributed by atoms with E-state index in [2.05, 4.69) is 17.3 Å². The predicted molar refractivity (Wildman–Crippen MR) is 76.7 cm³/mol. The molecule has 0 aliphatic heterocycles. The van der Waals surface area contributed by atoms with Crippen LogP contribution in [0.1, 0.15) is 32.1 Å². The second-order valence-electron chi connectivity index (χ2n) is 5.65. The molecule has 4 nitrogen and oxygen atoms in total. The molecule has 0 radical (unpaired) electrons. The van der Waals surface area contributed by atoms with Crippen molar-refractivity contribution in [2.45, 2.75) is 32.1 Å². The molecule has 0 atom stereocenters. The van der Waals surface area contributed by atoms with Gasteiger partial charge in [0.25, 0.3) is 0 Å². The van der Waals surface area contributed by atoms with Crippen LogP contribution in [0.25, 0.3) is 0 Å². The first-order valence-electron chi connectivity index (χ1n) is 7.04. The van der Waals surface area contributed by atoms with Gasteiger partial charge in [0.15, 0.2) is 0 Å². The fraction of sp³-hybridized carbons (Fsp3) is 1.00. The van der Waals surface area contributed by atoms with Crippen LogP contribution in [0.15, 0.2) is 0 Å². The Morgan fingerprint density at radius 2 is 1.83 bits per heavy atom. The number of hydrogen-bond acceptors (Lipinski definition) is 4. The Morgan fingerprint density at radius 3 is 2.44 bits per heavy atom. The van der Waals surface area contributed by atoms with Gasteiger partial charge in [-0.15, -0.1) is 0 Å². The molecule has 0 spiro atoms. The number of sulfone groups is 1. The first-order valence-corrected chi connectivity index (χ1v) is 9.10. The average Bonchev–Trinajstić information content (AvgIpc) is 2.28. The van der Waals surface area contributed by atoms with Gasteiger partial charge in [-0.2, -0.15) is 0 Å². The van der Waals surface area contributed by atoms with Gasteiger partial charge in [0.05, 0.1) is 5.75 Å². The minimum Gasteiger partial charge on any atom is -0.314 e. The largest absolute Gasteiger partial charge is 0.314 e. The summed E-state index contributed by atoms with van der Waals surface area (Å²) in [5.74, 6) is 1.11. The van der Waals surface area contributed by atoms with E-state index in [1.807, 2.05) is 0 Å². The first-order chi connectivity index (χ1) is 8.47. The van der Waals surface area contributed by atoms with Crippen molar-refractivity contribution in [2.24, 2.45) is 5.92 Å². The molecule has 1 fully saturated rings. The third-order valence-electron chi connectivity index (χ3n) is 3.61. The van der Waals surface area contributed by atoms with E-state index in [0.29, 0.717) is 6.54 Å². The number of nitrogens with one attached hydrogen (secondary N) is 1. The standard InChI is InChI=1S/C13H28N2O2S/c1-15(12-13-6-4-3-5-7-13)10-8-14-9-11-18(2,16)17/h13-14H,3-12H2,1-2H3. The van der Waals surface area contributed by atoms with Crippen molar-refractivity contribution >= 4 is 9.84 Å². The summed E-state index contributed by atoms with van der Waals surface area (Å²) < 4.78 is 21.9. The van der Waals surface area contributed by atoms with Gasteiger partial charge >= 0.3 is 0 Å². The zero-order chi connectivity index (χ0) is 13.4. The maximum atomic E-state index is 10.9. The molecular formula is C13H28N2O2S. The van der Waals surface area contributed by atoms with Crippen LogP contribution in [0.3, 0.4) is 0 Å². The maximum absolute atomic E-state index is 10.9. The number of likely N-dealkylation sites (N-methyl/N-ethyl adjacent to an activating group) is 1. The summed E-state index contributed by atoms with van der Waals surface area (Å²) in [5.41, 5.74) is 0. The molecule has 0 aromatic carbocycles. The summed E-state index contributed by atoms with van der Waals surface area (Å²) in [6.07, 6.45) is 8.24. The molecule has 0 saturated heterocycles. The number of nitrogens with zero attached hydrogens (tertiary/aromatic N) is 1. The summed E-state index contributed by atoms with van der Waals surface area (Å²) in [6.45, 7) is 3.63. The minimum atomic E-state index is -2.82. The molecule has 0 amide bonds. The Balaban J connectivity index is 2.01. The van der Waals surface area contributed by atoms with Gasteiger partial charge in [-0.1, -0.05) is 19.3 Å². The van der Waals surface area contributed by atoms with Crippen molar-refractivity contribution < 1.29 is 8.42 Å². The summed E-state index contributed by atoms with van der Waals surface area (Å²) in [7, 11) is -0.664. The highest BCUT2D eigenvalue weighted by atomic mass is 32.2. The zero-order valence-corrected chi connectivity index (χ0v) is 12.6. The van der Waals surface area contributed by atoms with Crippen LogP contribution in [0.5, 0.6) is 0 Å². The molecule has 108 valence electrons. The van der Waals surface area contributed by atoms with Gasteiger partial charge in [0, 0.05) is 32.4 Å². The zero-order valence-electron chi connectivity index (χ0n) is 11.8. The number of hydrogen-bond donors (Lipinski definition) is 1. The van der Waals surface area contributed by atoms with E-state index in [0.717, 1.165) is 19.0 Å². The lowest BCUT2D eigenvalue weighted by Crippen LogP contribution is -2.34. The Kier molecular flexibility index (Phi) is 7.19. The van der Waals surface area contributed by atoms with Crippen molar-refractivity contribution in [2.75, 3.05) is 45.2 Å². The molecule has 0 heterocycles. The molecule has 1 N–H and O–H groups in total. The third kappa shape index (κ3) is 8.06. The lowest BCUT2D eigenvalue weighted by molar-refractivity contribution is 0.234. The molecule has 0 aromatic heterocycles. The maximum Gasteiger partial charge on any atom is 0.148 e. The highest BCUT2D eigenvalue weighted by Crippen LogP contribution is 2.23. The van der Waals surface area contributed by atoms with Crippen LogP contribution in [0, 0.1) is 5.92 Å². The highest BCUT2D eigenvalue weighted by Gasteiger charge is 2.14. The summed E-state index contributed by atoms with van der Waals surface area (Å²) in [5, 5.41) is 3.19. The van der Waals surface area contributed by atoms with Crippen molar-refractivity contribution in [3.8, 4) is 0 Å². The van der Waals surface area contributed by atoms with E-state index in [4.69, 9.17) is 0 Å². The van der Waals surface area contributed by atoms with Gasteiger partial charge in [0.1, 0.15) is 9.84 Å². The van der Waals surface area contributed by atoms with Crippen LogP contribution < -0.4 is 5.32 Å². The fourth-order valence-electron chi connectivity index (χ4n) is 2.55. The Labute approximate surface area is 112 Å². The average molecular weight is 276 g/mol. The van der Waals surface area contributed by atoms with Crippen LogP contribution in [-0.4, -0.2) is 58.6 Å². The molecular weight excluding hydrogens is 248 g/mol. The smallest absolute Gasteiger partial charge is 0.148 e. The van der Waals surface area contributed by atoms with E-state index >= 15 is 0 Å². The molecule has 1 saturated carbocycles. The summed E-state index contributed by atoms with van der Waals surface area (Å²) in [4.78, 5) is 2.36. The molecule has 1 rings (SSSR count). The van der Waals surface area contributed by atoms with Gasteiger partial charge < -0.3 is 10.2 Å². The Morgan fingerprint density at radius 1 is 1.17 bits per heavy atom. The summed E-state index contributed by atoms with van der Waals surface area (Å²) in [6, 6.07) is 0. The molecule has 1 aliphatic carbocycles. The SMILES string of the molecule is CN(CCNCCS(C)(=O)=O)CC1CCCCC1. The lowest BCUT2D eigenvalue weighted by atomic mass is 9.89. The van der Waals surface area contributed by atoms with Gasteiger partial charge in [-0.05, 0) is 25.8 Å². The van der Waals surface area contributed by atoms with Gasteiger partial charge in [-0.3, -0.25) is 0 Å². The molecule has 0 bridgehead atoms. The molecule has 1 aliphatic rings. The van der Waals surface area contributed by atoms with Gasteiger partial charge in [0.2, 0.25) is 0 Å². The number of rotatable bonds is 8. The Hall–Kier alpha value is -0.130. The Bertz CT molecular complexity index is 311. The van der Waals surface area contributed by atoms with Crippen LogP contribution in [0.4, 0.5) is 0 Å². The topological polar surface area (TPSA) is 49.4 Å². The van der Waals surface area contributed by atoms with Crippen molar-refractivity contribution in [1.29, 1.82) is 0 Å². The van der Waals surface area contributed by atoms with Gasteiger partial charge in [-0.25, -0.2) is 8.42 Å². The van der Waals surface area contributed by atoms with Crippen LogP contribution >= 0.6 is 0 Å². The minimum absolute atomic E-state index is 0.235. The second-order valence-corrected chi connectivity index (χ2v) is 7.91. The quantitative estimate of drug-likeness (QED) is 0.675. The normalized spacial score (nSPS) is 18.4. The van der Waals surface area contributed by atoms with E-state index in [1.54, 1.807) is 0 Å². The van der Waals surface area contributed by atoms with E-state index < -0.39 is 9.84 Å². The predicted octanol–water partition coefficient (Wildman–Crippen LogP) is 1.13. The monoisotopic (exact) mass is 276 g/mol. The van der Waals surface area contributed by atoms with Crippen molar-refractivity contribution in [3.05, 3.63) is 0 Å². The molecule has 5 heteroatoms. The fourth-order valence-corrected chi connectivity index (χ4v) is 3.07. The van der Waals surface area contributed by atoms with Crippen molar-refractivity contribution in [3.63, 3.8) is 0 Å². The third-order valence-corrected chi connectivity index (χ3v) is 4.56.